The average Bonchev–Trinajstić information content (AvgIpc) is 2.80. The molecule has 2 aromatic rings. The van der Waals surface area contributed by atoms with Crippen molar-refractivity contribution in [3.8, 4) is 5.75 Å². The molecule has 0 aromatic heterocycles. The second-order valence-corrected chi connectivity index (χ2v) is 5.72. The lowest BCUT2D eigenvalue weighted by molar-refractivity contribution is 0.353. The first-order valence-electron chi connectivity index (χ1n) is 7.08. The van der Waals surface area contributed by atoms with Crippen molar-refractivity contribution in [3.05, 3.63) is 58.9 Å². The van der Waals surface area contributed by atoms with Gasteiger partial charge >= 0.3 is 0 Å². The largest absolute Gasteiger partial charge is 0.508 e. The van der Waals surface area contributed by atoms with Gasteiger partial charge in [-0.25, -0.2) is 4.39 Å². The minimum atomic E-state index is -0.341. The second-order valence-electron chi connectivity index (χ2n) is 5.72. The molecule has 0 amide bonds. The number of hydrogen-bond donors (Lipinski definition) is 2. The van der Waals surface area contributed by atoms with Crippen molar-refractivity contribution in [1.29, 1.82) is 0 Å². The first-order chi connectivity index (χ1) is 10.0. The van der Waals surface area contributed by atoms with E-state index in [1.54, 1.807) is 0 Å². The lowest BCUT2D eigenvalue weighted by Crippen LogP contribution is -2.08. The Morgan fingerprint density at radius 3 is 2.71 bits per heavy atom. The van der Waals surface area contributed by atoms with Gasteiger partial charge in [0.25, 0.3) is 0 Å². The van der Waals surface area contributed by atoms with Gasteiger partial charge in [0.1, 0.15) is 11.6 Å². The molecule has 110 valence electrons. The van der Waals surface area contributed by atoms with Crippen molar-refractivity contribution < 1.29 is 9.50 Å². The molecule has 3 nitrogen and oxygen atoms in total. The van der Waals surface area contributed by atoms with Crippen LogP contribution in [0.25, 0.3) is 0 Å². The first kappa shape index (κ1) is 13.9. The number of rotatable bonds is 3. The Balaban J connectivity index is 1.80. The number of phenolic OH excluding ortho intramolecular Hbond substituents is 1. The highest BCUT2D eigenvalue weighted by atomic mass is 19.1. The highest BCUT2D eigenvalue weighted by Gasteiger charge is 2.17. The molecule has 1 heterocycles. The van der Waals surface area contributed by atoms with Gasteiger partial charge in [0.05, 0.1) is 6.04 Å². The summed E-state index contributed by atoms with van der Waals surface area (Å²) < 4.78 is 13.3. The third kappa shape index (κ3) is 2.85. The zero-order chi connectivity index (χ0) is 15.0. The van der Waals surface area contributed by atoms with Crippen molar-refractivity contribution in [1.82, 2.24) is 4.90 Å². The highest BCUT2D eigenvalue weighted by Crippen LogP contribution is 2.30. The molecule has 1 aliphatic rings. The molecule has 0 radical (unpaired) electrons. The summed E-state index contributed by atoms with van der Waals surface area (Å²) >= 11 is 0. The minimum absolute atomic E-state index is 0.109. The lowest BCUT2D eigenvalue weighted by Gasteiger charge is -2.17. The van der Waals surface area contributed by atoms with E-state index in [0.717, 1.165) is 18.8 Å². The average molecular weight is 286 g/mol. The van der Waals surface area contributed by atoms with Crippen LogP contribution in [0.15, 0.2) is 36.4 Å². The molecule has 0 unspecified atom stereocenters. The van der Waals surface area contributed by atoms with Crippen LogP contribution in [0, 0.1) is 5.82 Å². The van der Waals surface area contributed by atoms with Gasteiger partial charge in [-0.05, 0) is 55.4 Å². The van der Waals surface area contributed by atoms with E-state index in [2.05, 4.69) is 29.4 Å². The van der Waals surface area contributed by atoms with E-state index < -0.39 is 0 Å². The molecular formula is C17H19FN2O. The van der Waals surface area contributed by atoms with Crippen LogP contribution in [-0.2, 0) is 13.1 Å². The SMILES string of the molecule is C[C@@H](Nc1ccc2c(c1)CN(C)C2)c1cc(F)ccc1O. The number of benzene rings is 2. The zero-order valence-corrected chi connectivity index (χ0v) is 12.2. The number of aromatic hydroxyl groups is 1. The first-order valence-corrected chi connectivity index (χ1v) is 7.08. The lowest BCUT2D eigenvalue weighted by atomic mass is 10.1. The molecule has 0 saturated heterocycles. The molecule has 1 aliphatic heterocycles. The molecule has 0 saturated carbocycles. The summed E-state index contributed by atoms with van der Waals surface area (Å²) in [6.07, 6.45) is 0. The molecule has 4 heteroatoms. The predicted octanol–water partition coefficient (Wildman–Crippen LogP) is 3.65. The van der Waals surface area contributed by atoms with E-state index >= 15 is 0 Å². The topological polar surface area (TPSA) is 35.5 Å². The van der Waals surface area contributed by atoms with Crippen LogP contribution in [-0.4, -0.2) is 17.1 Å². The van der Waals surface area contributed by atoms with Gasteiger partial charge in [-0.1, -0.05) is 6.07 Å². The van der Waals surface area contributed by atoms with Gasteiger partial charge in [-0.3, -0.25) is 4.90 Å². The Morgan fingerprint density at radius 1 is 1.14 bits per heavy atom. The quantitative estimate of drug-likeness (QED) is 0.904. The monoisotopic (exact) mass is 286 g/mol. The maximum Gasteiger partial charge on any atom is 0.123 e. The van der Waals surface area contributed by atoms with Gasteiger partial charge in [0.2, 0.25) is 0 Å². The summed E-state index contributed by atoms with van der Waals surface area (Å²) in [7, 11) is 2.10. The number of halogens is 1. The third-order valence-electron chi connectivity index (χ3n) is 3.93. The van der Waals surface area contributed by atoms with Crippen LogP contribution in [0.5, 0.6) is 5.75 Å². The van der Waals surface area contributed by atoms with Gasteiger partial charge in [-0.15, -0.1) is 0 Å². The number of hydrogen-bond acceptors (Lipinski definition) is 3. The summed E-state index contributed by atoms with van der Waals surface area (Å²) in [6.45, 7) is 3.84. The van der Waals surface area contributed by atoms with E-state index in [1.807, 2.05) is 13.0 Å². The number of nitrogens with zero attached hydrogens (tertiary/aromatic N) is 1. The van der Waals surface area contributed by atoms with E-state index in [4.69, 9.17) is 0 Å². The fourth-order valence-corrected chi connectivity index (χ4v) is 2.85. The molecule has 3 rings (SSSR count). The summed E-state index contributed by atoms with van der Waals surface area (Å²) in [5.41, 5.74) is 4.22. The van der Waals surface area contributed by atoms with Crippen molar-refractivity contribution in [3.63, 3.8) is 0 Å². The molecule has 0 spiro atoms. The van der Waals surface area contributed by atoms with Crippen molar-refractivity contribution >= 4 is 5.69 Å². The molecule has 2 N–H and O–H groups in total. The normalized spacial score (nSPS) is 15.8. The summed E-state index contributed by atoms with van der Waals surface area (Å²) in [5, 5.41) is 13.2. The van der Waals surface area contributed by atoms with Crippen LogP contribution in [0.4, 0.5) is 10.1 Å². The summed E-state index contributed by atoms with van der Waals surface area (Å²) in [5.74, 6) is -0.232. The van der Waals surface area contributed by atoms with Crippen LogP contribution in [0.2, 0.25) is 0 Å². The number of anilines is 1. The molecule has 1 atom stereocenters. The maximum atomic E-state index is 13.3. The number of fused-ring (bicyclic) bond motifs is 1. The van der Waals surface area contributed by atoms with Crippen molar-refractivity contribution in [2.75, 3.05) is 12.4 Å². The molecule has 0 fully saturated rings. The Morgan fingerprint density at radius 2 is 1.90 bits per heavy atom. The Kier molecular flexibility index (Phi) is 3.55. The van der Waals surface area contributed by atoms with E-state index in [-0.39, 0.29) is 17.6 Å². The van der Waals surface area contributed by atoms with Crippen LogP contribution < -0.4 is 5.32 Å². The van der Waals surface area contributed by atoms with Gasteiger partial charge in [-0.2, -0.15) is 0 Å². The fraction of sp³-hybridized carbons (Fsp3) is 0.294. The van der Waals surface area contributed by atoms with Crippen LogP contribution in [0.1, 0.15) is 29.7 Å². The van der Waals surface area contributed by atoms with Gasteiger partial charge in [0, 0.05) is 24.3 Å². The molecular weight excluding hydrogens is 267 g/mol. The van der Waals surface area contributed by atoms with Crippen molar-refractivity contribution in [2.24, 2.45) is 0 Å². The molecule has 21 heavy (non-hydrogen) atoms. The second kappa shape index (κ2) is 5.37. The highest BCUT2D eigenvalue weighted by molar-refractivity contribution is 5.52. The zero-order valence-electron chi connectivity index (χ0n) is 12.2. The molecule has 0 bridgehead atoms. The Labute approximate surface area is 124 Å². The third-order valence-corrected chi connectivity index (χ3v) is 3.93. The Hall–Kier alpha value is -2.07. The van der Waals surface area contributed by atoms with Gasteiger partial charge < -0.3 is 10.4 Å². The maximum absolute atomic E-state index is 13.3. The minimum Gasteiger partial charge on any atom is -0.508 e. The van der Waals surface area contributed by atoms with Gasteiger partial charge in [0.15, 0.2) is 0 Å². The van der Waals surface area contributed by atoms with Crippen LogP contribution in [0.3, 0.4) is 0 Å². The number of nitrogens with one attached hydrogen (secondary N) is 1. The van der Waals surface area contributed by atoms with Crippen LogP contribution >= 0.6 is 0 Å². The smallest absolute Gasteiger partial charge is 0.123 e. The molecule has 2 aromatic carbocycles. The Bertz CT molecular complexity index is 672. The van der Waals surface area contributed by atoms with E-state index in [9.17, 15) is 9.50 Å². The number of phenols is 1. The summed E-state index contributed by atoms with van der Waals surface area (Å²) in [4.78, 5) is 2.26. The van der Waals surface area contributed by atoms with Crippen molar-refractivity contribution in [2.45, 2.75) is 26.1 Å². The fourth-order valence-electron chi connectivity index (χ4n) is 2.85. The standard InChI is InChI=1S/C17H19FN2O/c1-11(16-8-14(18)4-6-17(16)21)19-15-5-3-12-9-20(2)10-13(12)7-15/h3-8,11,19,21H,9-10H2,1-2H3/t11-/m1/s1. The predicted molar refractivity (Wildman–Crippen MR) is 81.7 cm³/mol. The summed E-state index contributed by atoms with van der Waals surface area (Å²) in [6, 6.07) is 10.1. The molecule has 0 aliphatic carbocycles. The van der Waals surface area contributed by atoms with E-state index in [0.29, 0.717) is 5.56 Å². The van der Waals surface area contributed by atoms with E-state index in [1.165, 1.54) is 29.3 Å².